The SMILES string of the molecule is CC(O)CCN(C)C(=O)C(C)(N)c1ccccc1. The van der Waals surface area contributed by atoms with Gasteiger partial charge >= 0.3 is 0 Å². The third-order valence-electron chi connectivity index (χ3n) is 3.05. The van der Waals surface area contributed by atoms with Gasteiger partial charge in [-0.2, -0.15) is 0 Å². The Balaban J connectivity index is 2.76. The van der Waals surface area contributed by atoms with Crippen molar-refractivity contribution >= 4 is 5.91 Å². The van der Waals surface area contributed by atoms with Gasteiger partial charge in [0.25, 0.3) is 0 Å². The topological polar surface area (TPSA) is 66.6 Å². The summed E-state index contributed by atoms with van der Waals surface area (Å²) >= 11 is 0. The molecule has 2 atom stereocenters. The zero-order valence-electron chi connectivity index (χ0n) is 11.3. The van der Waals surface area contributed by atoms with E-state index < -0.39 is 11.6 Å². The second-order valence-corrected chi connectivity index (χ2v) is 4.93. The van der Waals surface area contributed by atoms with Gasteiger partial charge in [-0.3, -0.25) is 4.79 Å². The summed E-state index contributed by atoms with van der Waals surface area (Å²) in [6, 6.07) is 9.31. The summed E-state index contributed by atoms with van der Waals surface area (Å²) in [6.45, 7) is 3.91. The van der Waals surface area contributed by atoms with Gasteiger partial charge in [0, 0.05) is 13.6 Å². The third-order valence-corrected chi connectivity index (χ3v) is 3.05. The lowest BCUT2D eigenvalue weighted by atomic mass is 9.91. The first-order valence-corrected chi connectivity index (χ1v) is 6.13. The van der Waals surface area contributed by atoms with E-state index in [1.165, 1.54) is 0 Å². The fourth-order valence-corrected chi connectivity index (χ4v) is 1.79. The Kier molecular flexibility index (Phi) is 4.87. The first kappa shape index (κ1) is 14.7. The molecule has 1 aromatic rings. The van der Waals surface area contributed by atoms with Crippen LogP contribution in [0.15, 0.2) is 30.3 Å². The van der Waals surface area contributed by atoms with Crippen molar-refractivity contribution in [1.29, 1.82) is 0 Å². The number of rotatable bonds is 5. The van der Waals surface area contributed by atoms with E-state index in [0.717, 1.165) is 5.56 Å². The second kappa shape index (κ2) is 5.98. The second-order valence-electron chi connectivity index (χ2n) is 4.93. The molecule has 0 saturated carbocycles. The Hall–Kier alpha value is -1.39. The summed E-state index contributed by atoms with van der Waals surface area (Å²) in [5, 5.41) is 9.23. The van der Waals surface area contributed by atoms with Crippen LogP contribution < -0.4 is 5.73 Å². The largest absolute Gasteiger partial charge is 0.393 e. The molecule has 0 fully saturated rings. The zero-order chi connectivity index (χ0) is 13.8. The molecule has 0 heterocycles. The molecule has 0 aliphatic rings. The average molecular weight is 250 g/mol. The zero-order valence-corrected chi connectivity index (χ0v) is 11.3. The van der Waals surface area contributed by atoms with E-state index in [9.17, 15) is 9.90 Å². The standard InChI is InChI=1S/C14H22N2O2/c1-11(17)9-10-16(3)13(18)14(2,15)12-7-5-4-6-8-12/h4-8,11,17H,9-10,15H2,1-3H3. The van der Waals surface area contributed by atoms with Crippen molar-refractivity contribution in [2.75, 3.05) is 13.6 Å². The lowest BCUT2D eigenvalue weighted by Crippen LogP contribution is -2.50. The van der Waals surface area contributed by atoms with Crippen LogP contribution in [0.5, 0.6) is 0 Å². The third kappa shape index (κ3) is 3.55. The number of carbonyl (C=O) groups excluding carboxylic acids is 1. The summed E-state index contributed by atoms with van der Waals surface area (Å²) in [6.07, 6.45) is 0.133. The van der Waals surface area contributed by atoms with Crippen LogP contribution in [0.3, 0.4) is 0 Å². The van der Waals surface area contributed by atoms with Crippen molar-refractivity contribution < 1.29 is 9.90 Å². The van der Waals surface area contributed by atoms with Crippen LogP contribution in [0.4, 0.5) is 0 Å². The number of aliphatic hydroxyl groups is 1. The maximum atomic E-state index is 12.3. The summed E-state index contributed by atoms with van der Waals surface area (Å²) in [7, 11) is 1.71. The van der Waals surface area contributed by atoms with E-state index in [4.69, 9.17) is 5.73 Å². The van der Waals surface area contributed by atoms with Gasteiger partial charge in [0.2, 0.25) is 5.91 Å². The van der Waals surface area contributed by atoms with Gasteiger partial charge < -0.3 is 15.7 Å². The van der Waals surface area contributed by atoms with Crippen LogP contribution in [-0.4, -0.2) is 35.6 Å². The van der Waals surface area contributed by atoms with Gasteiger partial charge in [-0.05, 0) is 25.8 Å². The van der Waals surface area contributed by atoms with Crippen LogP contribution in [0.2, 0.25) is 0 Å². The van der Waals surface area contributed by atoms with Crippen LogP contribution in [0.25, 0.3) is 0 Å². The number of hydrogen-bond donors (Lipinski definition) is 2. The van der Waals surface area contributed by atoms with E-state index in [2.05, 4.69) is 0 Å². The van der Waals surface area contributed by atoms with Crippen molar-refractivity contribution in [3.05, 3.63) is 35.9 Å². The molecule has 1 rings (SSSR count). The van der Waals surface area contributed by atoms with Crippen molar-refractivity contribution in [2.45, 2.75) is 31.9 Å². The number of nitrogens with two attached hydrogens (primary N) is 1. The average Bonchev–Trinajstić information content (AvgIpc) is 2.36. The monoisotopic (exact) mass is 250 g/mol. The highest BCUT2D eigenvalue weighted by atomic mass is 16.3. The minimum atomic E-state index is -1.03. The smallest absolute Gasteiger partial charge is 0.246 e. The quantitative estimate of drug-likeness (QED) is 0.822. The molecule has 0 aliphatic carbocycles. The molecule has 2 unspecified atom stereocenters. The first-order valence-electron chi connectivity index (χ1n) is 6.13. The Morgan fingerprint density at radius 3 is 2.50 bits per heavy atom. The molecular formula is C14H22N2O2. The van der Waals surface area contributed by atoms with Crippen molar-refractivity contribution in [3.8, 4) is 0 Å². The molecule has 3 N–H and O–H groups in total. The van der Waals surface area contributed by atoms with Gasteiger partial charge in [-0.1, -0.05) is 30.3 Å². The van der Waals surface area contributed by atoms with Gasteiger partial charge in [-0.25, -0.2) is 0 Å². The molecule has 0 aromatic heterocycles. The Morgan fingerprint density at radius 1 is 1.44 bits per heavy atom. The van der Waals surface area contributed by atoms with Crippen molar-refractivity contribution in [3.63, 3.8) is 0 Å². The predicted octanol–water partition coefficient (Wildman–Crippen LogP) is 1.09. The Labute approximate surface area is 108 Å². The number of likely N-dealkylation sites (N-methyl/N-ethyl adjacent to an activating group) is 1. The van der Waals surface area contributed by atoms with Crippen LogP contribution >= 0.6 is 0 Å². The first-order chi connectivity index (χ1) is 8.35. The fraction of sp³-hybridized carbons (Fsp3) is 0.500. The van der Waals surface area contributed by atoms with Gasteiger partial charge in [0.05, 0.1) is 6.10 Å². The highest BCUT2D eigenvalue weighted by Crippen LogP contribution is 2.19. The minimum Gasteiger partial charge on any atom is -0.393 e. The van der Waals surface area contributed by atoms with E-state index >= 15 is 0 Å². The molecule has 0 radical (unpaired) electrons. The molecule has 4 nitrogen and oxygen atoms in total. The molecule has 100 valence electrons. The fourth-order valence-electron chi connectivity index (χ4n) is 1.79. The van der Waals surface area contributed by atoms with E-state index in [1.54, 1.807) is 25.8 Å². The summed E-state index contributed by atoms with van der Waals surface area (Å²) in [4.78, 5) is 13.9. The number of nitrogens with zero attached hydrogens (tertiary/aromatic N) is 1. The lowest BCUT2D eigenvalue weighted by Gasteiger charge is -2.30. The van der Waals surface area contributed by atoms with Crippen LogP contribution in [0.1, 0.15) is 25.8 Å². The van der Waals surface area contributed by atoms with E-state index in [0.29, 0.717) is 13.0 Å². The Morgan fingerprint density at radius 2 is 2.00 bits per heavy atom. The molecular weight excluding hydrogens is 228 g/mol. The van der Waals surface area contributed by atoms with E-state index in [-0.39, 0.29) is 5.91 Å². The number of carbonyl (C=O) groups is 1. The maximum absolute atomic E-state index is 12.3. The number of aliphatic hydroxyl groups excluding tert-OH is 1. The van der Waals surface area contributed by atoms with Crippen LogP contribution in [-0.2, 0) is 10.3 Å². The van der Waals surface area contributed by atoms with Crippen molar-refractivity contribution in [1.82, 2.24) is 4.90 Å². The molecule has 1 aromatic carbocycles. The molecule has 0 saturated heterocycles. The highest BCUT2D eigenvalue weighted by molar-refractivity contribution is 5.86. The summed E-state index contributed by atoms with van der Waals surface area (Å²) in [5.41, 5.74) is 5.89. The lowest BCUT2D eigenvalue weighted by molar-refractivity contribution is -0.135. The highest BCUT2D eigenvalue weighted by Gasteiger charge is 2.32. The molecule has 0 aliphatic heterocycles. The number of benzene rings is 1. The predicted molar refractivity (Wildman–Crippen MR) is 71.9 cm³/mol. The maximum Gasteiger partial charge on any atom is 0.246 e. The van der Waals surface area contributed by atoms with E-state index in [1.807, 2.05) is 30.3 Å². The molecule has 4 heteroatoms. The Bertz CT molecular complexity index is 388. The molecule has 18 heavy (non-hydrogen) atoms. The minimum absolute atomic E-state index is 0.144. The number of hydrogen-bond acceptors (Lipinski definition) is 3. The van der Waals surface area contributed by atoms with Crippen molar-refractivity contribution in [2.24, 2.45) is 5.73 Å². The molecule has 0 bridgehead atoms. The summed E-state index contributed by atoms with van der Waals surface area (Å²) in [5.74, 6) is -0.144. The van der Waals surface area contributed by atoms with Gasteiger partial charge in [0.15, 0.2) is 0 Å². The van der Waals surface area contributed by atoms with Gasteiger partial charge in [-0.15, -0.1) is 0 Å². The normalized spacial score (nSPS) is 15.8. The number of amides is 1. The summed E-state index contributed by atoms with van der Waals surface area (Å²) < 4.78 is 0. The van der Waals surface area contributed by atoms with Crippen LogP contribution in [0, 0.1) is 0 Å². The molecule has 1 amide bonds. The van der Waals surface area contributed by atoms with Gasteiger partial charge in [0.1, 0.15) is 5.54 Å². The molecule has 0 spiro atoms.